The highest BCUT2D eigenvalue weighted by atomic mass is 32.2. The second-order valence-corrected chi connectivity index (χ2v) is 9.30. The van der Waals surface area contributed by atoms with Crippen LogP contribution in [0.1, 0.15) is 44.6 Å². The smallest absolute Gasteiger partial charge is 0.243 e. The van der Waals surface area contributed by atoms with E-state index in [1.54, 1.807) is 6.07 Å². The molecule has 0 spiro atoms. The Morgan fingerprint density at radius 3 is 2.47 bits per heavy atom. The van der Waals surface area contributed by atoms with E-state index >= 15 is 0 Å². The lowest BCUT2D eigenvalue weighted by Crippen LogP contribution is -2.26. The van der Waals surface area contributed by atoms with Gasteiger partial charge in [0.15, 0.2) is 0 Å². The van der Waals surface area contributed by atoms with E-state index in [4.69, 9.17) is 4.74 Å². The molecule has 3 rings (SSSR count). The fraction of sp³-hybridized carbons (Fsp3) is 0.409. The van der Waals surface area contributed by atoms with Crippen LogP contribution < -0.4 is 20.1 Å². The van der Waals surface area contributed by atoms with Gasteiger partial charge in [-0.1, -0.05) is 26.0 Å². The third kappa shape index (κ3) is 5.73. The van der Waals surface area contributed by atoms with Crippen LogP contribution in [0.4, 0.5) is 11.4 Å². The maximum absolute atomic E-state index is 12.5. The highest BCUT2D eigenvalue weighted by Gasteiger charge is 2.28. The van der Waals surface area contributed by atoms with Gasteiger partial charge in [0.1, 0.15) is 5.75 Å². The molecule has 1 fully saturated rings. The van der Waals surface area contributed by atoms with Gasteiger partial charge in [-0.05, 0) is 61.1 Å². The molecule has 0 aliphatic heterocycles. The zero-order chi connectivity index (χ0) is 21.7. The summed E-state index contributed by atoms with van der Waals surface area (Å²) >= 11 is 0. The summed E-state index contributed by atoms with van der Waals surface area (Å²) in [5.74, 6) is 0.700. The molecule has 0 saturated heterocycles. The van der Waals surface area contributed by atoms with Crippen LogP contribution in [-0.2, 0) is 14.8 Å². The predicted molar refractivity (Wildman–Crippen MR) is 119 cm³/mol. The monoisotopic (exact) mass is 431 g/mol. The molecule has 1 aliphatic rings. The number of methoxy groups -OCH3 is 1. The summed E-state index contributed by atoms with van der Waals surface area (Å²) in [6, 6.07) is 12.4. The molecule has 0 radical (unpaired) electrons. The quantitative estimate of drug-likeness (QED) is 0.533. The third-order valence-electron chi connectivity index (χ3n) is 5.20. The molecule has 1 aliphatic carbocycles. The van der Waals surface area contributed by atoms with Crippen LogP contribution >= 0.6 is 0 Å². The van der Waals surface area contributed by atoms with Crippen molar-refractivity contribution in [1.29, 1.82) is 0 Å². The summed E-state index contributed by atoms with van der Waals surface area (Å²) in [5, 5.41) is 5.82. The summed E-state index contributed by atoms with van der Waals surface area (Å²) in [5.41, 5.74) is 2.39. The van der Waals surface area contributed by atoms with Crippen LogP contribution in [0.2, 0.25) is 0 Å². The van der Waals surface area contributed by atoms with Gasteiger partial charge < -0.3 is 15.4 Å². The van der Waals surface area contributed by atoms with E-state index in [2.05, 4.69) is 29.2 Å². The number of rotatable bonds is 10. The van der Waals surface area contributed by atoms with E-state index in [-0.39, 0.29) is 23.4 Å². The number of nitrogens with one attached hydrogen (secondary N) is 3. The molecule has 162 valence electrons. The van der Waals surface area contributed by atoms with Crippen molar-refractivity contribution in [3.05, 3.63) is 48.0 Å². The van der Waals surface area contributed by atoms with E-state index in [1.807, 2.05) is 24.3 Å². The van der Waals surface area contributed by atoms with Crippen LogP contribution in [0.5, 0.6) is 5.75 Å². The minimum atomic E-state index is -3.59. The lowest BCUT2D eigenvalue weighted by Gasteiger charge is -2.14. The van der Waals surface area contributed by atoms with Crippen molar-refractivity contribution in [1.82, 2.24) is 4.72 Å². The normalized spacial score (nSPS) is 14.8. The number of hydrogen-bond acceptors (Lipinski definition) is 5. The highest BCUT2D eigenvalue weighted by molar-refractivity contribution is 7.89. The standard InChI is InChI=1S/C22H29N3O4S/c1-4-15(2)16-5-7-17(8-6-16)24-22(26)14-23-20-13-19(11-12-21(20)29-3)30(27,28)25-18-9-10-18/h5-8,11-13,15,18,23,25H,4,9-10,14H2,1-3H3,(H,24,26). The van der Waals surface area contributed by atoms with Gasteiger partial charge >= 0.3 is 0 Å². The SMILES string of the molecule is CCC(C)c1ccc(NC(=O)CNc2cc(S(=O)(=O)NC3CC3)ccc2OC)cc1. The van der Waals surface area contributed by atoms with Crippen molar-refractivity contribution in [2.75, 3.05) is 24.3 Å². The molecule has 1 amide bonds. The van der Waals surface area contributed by atoms with Gasteiger partial charge in [0.25, 0.3) is 0 Å². The van der Waals surface area contributed by atoms with Crippen molar-refractivity contribution < 1.29 is 17.9 Å². The van der Waals surface area contributed by atoms with Crippen LogP contribution in [-0.4, -0.2) is 34.0 Å². The number of anilines is 2. The Bertz CT molecular complexity index is 986. The maximum atomic E-state index is 12.5. The van der Waals surface area contributed by atoms with Crippen LogP contribution in [0.25, 0.3) is 0 Å². The molecule has 30 heavy (non-hydrogen) atoms. The Kier molecular flexibility index (Phi) is 6.99. The van der Waals surface area contributed by atoms with Gasteiger partial charge in [0.05, 0.1) is 24.2 Å². The molecule has 1 atom stereocenters. The first-order valence-electron chi connectivity index (χ1n) is 10.2. The summed E-state index contributed by atoms with van der Waals surface area (Å²) < 4.78 is 32.8. The van der Waals surface area contributed by atoms with E-state index in [9.17, 15) is 13.2 Å². The molecular weight excluding hydrogens is 402 g/mol. The number of hydrogen-bond donors (Lipinski definition) is 3. The summed E-state index contributed by atoms with van der Waals surface area (Å²) in [6.07, 6.45) is 2.78. The lowest BCUT2D eigenvalue weighted by molar-refractivity contribution is -0.114. The van der Waals surface area contributed by atoms with Crippen molar-refractivity contribution in [3.63, 3.8) is 0 Å². The maximum Gasteiger partial charge on any atom is 0.243 e. The van der Waals surface area contributed by atoms with Gasteiger partial charge in [0.2, 0.25) is 15.9 Å². The minimum Gasteiger partial charge on any atom is -0.495 e. The number of ether oxygens (including phenoxy) is 1. The number of amides is 1. The Morgan fingerprint density at radius 2 is 1.87 bits per heavy atom. The van der Waals surface area contributed by atoms with E-state index in [0.29, 0.717) is 23.0 Å². The van der Waals surface area contributed by atoms with Gasteiger partial charge in [-0.15, -0.1) is 0 Å². The molecule has 1 saturated carbocycles. The molecule has 0 bridgehead atoms. The van der Waals surface area contributed by atoms with Gasteiger partial charge in [-0.25, -0.2) is 13.1 Å². The summed E-state index contributed by atoms with van der Waals surface area (Å²) in [6.45, 7) is 4.28. The first-order chi connectivity index (χ1) is 14.3. The first-order valence-corrected chi connectivity index (χ1v) is 11.6. The summed E-state index contributed by atoms with van der Waals surface area (Å²) in [4.78, 5) is 12.5. The zero-order valence-electron chi connectivity index (χ0n) is 17.6. The average Bonchev–Trinajstić information content (AvgIpc) is 3.55. The number of carbonyl (C=O) groups is 1. The topological polar surface area (TPSA) is 96.5 Å². The first kappa shape index (κ1) is 22.1. The highest BCUT2D eigenvalue weighted by Crippen LogP contribution is 2.29. The third-order valence-corrected chi connectivity index (χ3v) is 6.71. The second kappa shape index (κ2) is 9.49. The van der Waals surface area contributed by atoms with E-state index < -0.39 is 10.0 Å². The van der Waals surface area contributed by atoms with Crippen molar-refractivity contribution >= 4 is 27.3 Å². The zero-order valence-corrected chi connectivity index (χ0v) is 18.4. The molecule has 2 aromatic rings. The van der Waals surface area contributed by atoms with Crippen molar-refractivity contribution in [2.45, 2.75) is 50.0 Å². The Labute approximate surface area is 178 Å². The van der Waals surface area contributed by atoms with Crippen LogP contribution in [0.15, 0.2) is 47.4 Å². The number of carbonyl (C=O) groups excluding carboxylic acids is 1. The molecule has 0 heterocycles. The fourth-order valence-electron chi connectivity index (χ4n) is 2.99. The molecule has 2 aromatic carbocycles. The van der Waals surface area contributed by atoms with E-state index in [0.717, 1.165) is 19.3 Å². The Morgan fingerprint density at radius 1 is 1.17 bits per heavy atom. The van der Waals surface area contributed by atoms with E-state index in [1.165, 1.54) is 24.8 Å². The predicted octanol–water partition coefficient (Wildman–Crippen LogP) is 3.70. The van der Waals surface area contributed by atoms with Crippen molar-refractivity contribution in [3.8, 4) is 5.75 Å². The number of benzene rings is 2. The second-order valence-electron chi connectivity index (χ2n) is 7.59. The number of sulfonamides is 1. The Balaban J connectivity index is 1.63. The molecule has 7 nitrogen and oxygen atoms in total. The molecule has 3 N–H and O–H groups in total. The largest absolute Gasteiger partial charge is 0.495 e. The Hall–Kier alpha value is -2.58. The summed E-state index contributed by atoms with van der Waals surface area (Å²) in [7, 11) is -2.10. The van der Waals surface area contributed by atoms with Gasteiger partial charge in [-0.3, -0.25) is 4.79 Å². The minimum absolute atomic E-state index is 0.0194. The van der Waals surface area contributed by atoms with Gasteiger partial charge in [0, 0.05) is 11.7 Å². The van der Waals surface area contributed by atoms with Crippen molar-refractivity contribution in [2.24, 2.45) is 0 Å². The van der Waals surface area contributed by atoms with Gasteiger partial charge in [-0.2, -0.15) is 0 Å². The van der Waals surface area contributed by atoms with Crippen LogP contribution in [0.3, 0.4) is 0 Å². The molecular formula is C22H29N3O4S. The average molecular weight is 432 g/mol. The molecule has 1 unspecified atom stereocenters. The fourth-order valence-corrected chi connectivity index (χ4v) is 4.32. The molecule has 0 aromatic heterocycles. The lowest BCUT2D eigenvalue weighted by atomic mass is 9.99. The van der Waals surface area contributed by atoms with Crippen LogP contribution in [0, 0.1) is 0 Å². The molecule has 8 heteroatoms.